The molecular formula is C12H9BrF3N3O3S. The third-order valence-electron chi connectivity index (χ3n) is 2.61. The van der Waals surface area contributed by atoms with Crippen molar-refractivity contribution in [1.82, 2.24) is 9.97 Å². The highest BCUT2D eigenvalue weighted by Crippen LogP contribution is 2.29. The van der Waals surface area contributed by atoms with Crippen molar-refractivity contribution in [3.63, 3.8) is 0 Å². The number of nitrogens with one attached hydrogen (secondary N) is 1. The molecule has 23 heavy (non-hydrogen) atoms. The monoisotopic (exact) mass is 411 g/mol. The first kappa shape index (κ1) is 17.5. The lowest BCUT2D eigenvalue weighted by molar-refractivity contribution is -0.141. The molecule has 0 aliphatic heterocycles. The number of anilines is 1. The van der Waals surface area contributed by atoms with Crippen molar-refractivity contribution in [2.45, 2.75) is 11.1 Å². The molecule has 0 saturated carbocycles. The number of methoxy groups -OCH3 is 1. The summed E-state index contributed by atoms with van der Waals surface area (Å²) in [4.78, 5) is 6.53. The van der Waals surface area contributed by atoms with Gasteiger partial charge in [0.25, 0.3) is 10.0 Å². The Hall–Kier alpha value is -1.88. The number of pyridine rings is 2. The Bertz CT molecular complexity index is 811. The maximum atomic E-state index is 12.4. The van der Waals surface area contributed by atoms with Gasteiger partial charge >= 0.3 is 6.18 Å². The normalized spacial score (nSPS) is 12.0. The summed E-state index contributed by atoms with van der Waals surface area (Å²) in [7, 11) is -2.84. The average molecular weight is 412 g/mol. The van der Waals surface area contributed by atoms with Crippen LogP contribution in [0.15, 0.2) is 40.0 Å². The Morgan fingerprint density at radius 2 is 1.91 bits per heavy atom. The van der Waals surface area contributed by atoms with Crippen molar-refractivity contribution in [2.24, 2.45) is 0 Å². The number of rotatable bonds is 4. The molecule has 0 saturated heterocycles. The fourth-order valence-corrected chi connectivity index (χ4v) is 2.82. The van der Waals surface area contributed by atoms with Crippen molar-refractivity contribution >= 4 is 31.8 Å². The van der Waals surface area contributed by atoms with E-state index in [-0.39, 0.29) is 11.6 Å². The predicted molar refractivity (Wildman–Crippen MR) is 78.5 cm³/mol. The summed E-state index contributed by atoms with van der Waals surface area (Å²) >= 11 is 3.15. The first-order chi connectivity index (χ1) is 10.6. The lowest BCUT2D eigenvalue weighted by Gasteiger charge is -2.11. The third kappa shape index (κ3) is 4.10. The molecule has 11 heteroatoms. The summed E-state index contributed by atoms with van der Waals surface area (Å²) in [5.41, 5.74) is -1.18. The van der Waals surface area contributed by atoms with Crippen LogP contribution in [0.3, 0.4) is 0 Å². The fraction of sp³-hybridized carbons (Fsp3) is 0.167. The molecule has 0 aromatic carbocycles. The Kier molecular flexibility index (Phi) is 4.80. The molecule has 2 rings (SSSR count). The number of nitrogens with zero attached hydrogens (tertiary/aromatic N) is 2. The van der Waals surface area contributed by atoms with Crippen LogP contribution in [0, 0.1) is 0 Å². The summed E-state index contributed by atoms with van der Waals surface area (Å²) in [5.74, 6) is 0.0402. The zero-order chi connectivity index (χ0) is 17.3. The van der Waals surface area contributed by atoms with Crippen molar-refractivity contribution in [3.05, 3.63) is 40.8 Å². The Morgan fingerprint density at radius 3 is 2.43 bits per heavy atom. The summed E-state index contributed by atoms with van der Waals surface area (Å²) in [6, 6.07) is 2.88. The molecule has 0 atom stereocenters. The maximum absolute atomic E-state index is 12.4. The van der Waals surface area contributed by atoms with Crippen LogP contribution in [0.2, 0.25) is 0 Å². The molecule has 2 aromatic rings. The van der Waals surface area contributed by atoms with Gasteiger partial charge in [0.1, 0.15) is 10.6 Å². The summed E-state index contributed by atoms with van der Waals surface area (Å²) in [5, 5.41) is 0. The summed E-state index contributed by atoms with van der Waals surface area (Å²) in [6.45, 7) is 0. The van der Waals surface area contributed by atoms with Gasteiger partial charge in [-0.2, -0.15) is 13.2 Å². The largest absolute Gasteiger partial charge is 0.493 e. The van der Waals surface area contributed by atoms with E-state index in [1.54, 1.807) is 0 Å². The second-order valence-corrected chi connectivity index (χ2v) is 6.78. The molecule has 0 spiro atoms. The molecule has 6 nitrogen and oxygen atoms in total. The highest BCUT2D eigenvalue weighted by molar-refractivity contribution is 9.10. The summed E-state index contributed by atoms with van der Waals surface area (Å²) < 4.78 is 69.4. The molecular weight excluding hydrogens is 403 g/mol. The average Bonchev–Trinajstić information content (AvgIpc) is 2.48. The molecule has 1 N–H and O–H groups in total. The van der Waals surface area contributed by atoms with Crippen LogP contribution >= 0.6 is 15.9 Å². The van der Waals surface area contributed by atoms with Crippen LogP contribution in [-0.2, 0) is 16.2 Å². The Balaban J connectivity index is 2.32. The zero-order valence-corrected chi connectivity index (χ0v) is 13.8. The van der Waals surface area contributed by atoms with Crippen LogP contribution in [0.25, 0.3) is 0 Å². The molecule has 2 aromatic heterocycles. The van der Waals surface area contributed by atoms with E-state index in [1.165, 1.54) is 19.4 Å². The van der Waals surface area contributed by atoms with E-state index in [0.717, 1.165) is 6.07 Å². The van der Waals surface area contributed by atoms with E-state index < -0.39 is 26.8 Å². The van der Waals surface area contributed by atoms with Gasteiger partial charge in [-0.05, 0) is 34.1 Å². The quantitative estimate of drug-likeness (QED) is 0.835. The molecule has 0 aliphatic carbocycles. The van der Waals surface area contributed by atoms with E-state index in [9.17, 15) is 21.6 Å². The minimum atomic E-state index is -4.65. The van der Waals surface area contributed by atoms with E-state index in [0.29, 0.717) is 16.7 Å². The lowest BCUT2D eigenvalue weighted by Crippen LogP contribution is -2.16. The molecule has 0 bridgehead atoms. The van der Waals surface area contributed by atoms with Crippen LogP contribution < -0.4 is 9.46 Å². The van der Waals surface area contributed by atoms with Crippen molar-refractivity contribution in [2.75, 3.05) is 11.8 Å². The van der Waals surface area contributed by atoms with Crippen molar-refractivity contribution in [3.8, 4) is 5.75 Å². The fourth-order valence-electron chi connectivity index (χ4n) is 1.55. The molecule has 0 amide bonds. The molecule has 0 aliphatic rings. The minimum Gasteiger partial charge on any atom is -0.493 e. The molecule has 0 fully saturated rings. The van der Waals surface area contributed by atoms with Gasteiger partial charge in [0, 0.05) is 16.9 Å². The van der Waals surface area contributed by atoms with E-state index >= 15 is 0 Å². The topological polar surface area (TPSA) is 81.2 Å². The van der Waals surface area contributed by atoms with Gasteiger partial charge in [-0.25, -0.2) is 13.4 Å². The number of hydrogen-bond donors (Lipinski definition) is 1. The predicted octanol–water partition coefficient (Wildman–Crippen LogP) is 3.07. The Morgan fingerprint density at radius 1 is 1.22 bits per heavy atom. The number of alkyl halides is 3. The first-order valence-corrected chi connectivity index (χ1v) is 8.17. The maximum Gasteiger partial charge on any atom is 0.433 e. The van der Waals surface area contributed by atoms with Gasteiger partial charge in [-0.1, -0.05) is 0 Å². The number of halogens is 4. The molecule has 124 valence electrons. The third-order valence-corrected chi connectivity index (χ3v) is 4.37. The lowest BCUT2D eigenvalue weighted by atomic mass is 10.3. The summed E-state index contributed by atoms with van der Waals surface area (Å²) in [6.07, 6.45) is -2.69. The van der Waals surface area contributed by atoms with Gasteiger partial charge in [-0.15, -0.1) is 0 Å². The molecule has 0 unspecified atom stereocenters. The molecule has 2 heterocycles. The van der Waals surface area contributed by atoms with Crippen LogP contribution in [0.5, 0.6) is 5.75 Å². The van der Waals surface area contributed by atoms with Crippen molar-refractivity contribution in [1.29, 1.82) is 0 Å². The smallest absolute Gasteiger partial charge is 0.433 e. The van der Waals surface area contributed by atoms with Crippen LogP contribution in [0.1, 0.15) is 5.69 Å². The van der Waals surface area contributed by atoms with E-state index in [4.69, 9.17) is 4.74 Å². The van der Waals surface area contributed by atoms with Crippen LogP contribution in [-0.4, -0.2) is 25.5 Å². The van der Waals surface area contributed by atoms with Gasteiger partial charge in [0.05, 0.1) is 7.11 Å². The zero-order valence-electron chi connectivity index (χ0n) is 11.4. The highest BCUT2D eigenvalue weighted by atomic mass is 79.9. The first-order valence-electron chi connectivity index (χ1n) is 5.89. The van der Waals surface area contributed by atoms with E-state index in [1.807, 2.05) is 0 Å². The SMILES string of the molecule is COc1cc(Br)cnc1NS(=O)(=O)c1ccc(C(F)(F)F)nc1. The van der Waals surface area contributed by atoms with Gasteiger partial charge in [0.2, 0.25) is 0 Å². The minimum absolute atomic E-state index is 0.101. The van der Waals surface area contributed by atoms with Gasteiger partial charge in [0.15, 0.2) is 11.6 Å². The highest BCUT2D eigenvalue weighted by Gasteiger charge is 2.32. The number of ether oxygens (including phenoxy) is 1. The van der Waals surface area contributed by atoms with E-state index in [2.05, 4.69) is 30.6 Å². The second-order valence-electron chi connectivity index (χ2n) is 4.19. The van der Waals surface area contributed by atoms with Gasteiger partial charge < -0.3 is 4.74 Å². The van der Waals surface area contributed by atoms with Crippen molar-refractivity contribution < 1.29 is 26.3 Å². The Labute approximate surface area is 137 Å². The van der Waals surface area contributed by atoms with Gasteiger partial charge in [-0.3, -0.25) is 9.71 Å². The number of aromatic nitrogens is 2. The molecule has 0 radical (unpaired) electrons. The number of hydrogen-bond acceptors (Lipinski definition) is 5. The standard InChI is InChI=1S/C12H9BrF3N3O3S/c1-22-9-4-7(13)5-18-11(9)19-23(20,21)8-2-3-10(17-6-8)12(14,15)16/h2-6H,1H3,(H,18,19). The van der Waals surface area contributed by atoms with Crippen LogP contribution in [0.4, 0.5) is 19.0 Å². The number of sulfonamides is 1. The second kappa shape index (κ2) is 6.32.